The highest BCUT2D eigenvalue weighted by Crippen LogP contribution is 2.52. The summed E-state index contributed by atoms with van der Waals surface area (Å²) in [5.74, 6) is 0. The lowest BCUT2D eigenvalue weighted by molar-refractivity contribution is 0.670. The molecule has 2 heterocycles. The van der Waals surface area contributed by atoms with Gasteiger partial charge in [0.15, 0.2) is 0 Å². The van der Waals surface area contributed by atoms with Crippen molar-refractivity contribution in [3.8, 4) is 22.3 Å². The lowest BCUT2D eigenvalue weighted by Crippen LogP contribution is -2.11. The molecule has 0 saturated carbocycles. The summed E-state index contributed by atoms with van der Waals surface area (Å²) < 4.78 is 9.51. The predicted molar refractivity (Wildman–Crippen MR) is 245 cm³/mol. The van der Waals surface area contributed by atoms with Gasteiger partial charge in [0.1, 0.15) is 11.2 Å². The summed E-state index contributed by atoms with van der Waals surface area (Å²) in [5.41, 5.74) is 9.74. The maximum absolute atomic E-state index is 6.96. The normalized spacial score (nSPS) is 11.9. The smallest absolute Gasteiger partial charge is 0.145 e. The number of anilines is 3. The molecule has 0 unspecified atom stereocenters. The SMILES string of the molecule is c1ccc(-c2ccc(N(c3ccc4c(ccc5ccccc54)c3)c3ccc(-c4cccc5ccccc45)c4oc5ccccc5c34)c3c2sc2ccccc23)cc1. The van der Waals surface area contributed by atoms with Crippen LogP contribution in [0.1, 0.15) is 0 Å². The molecule has 0 radical (unpaired) electrons. The molecule has 0 atom stereocenters. The Labute approximate surface area is 333 Å². The molecule has 57 heavy (non-hydrogen) atoms. The van der Waals surface area contributed by atoms with Crippen LogP contribution in [0.3, 0.4) is 0 Å². The molecule has 10 aromatic carbocycles. The number of thiophene rings is 1. The van der Waals surface area contributed by atoms with E-state index in [-0.39, 0.29) is 0 Å². The van der Waals surface area contributed by atoms with Gasteiger partial charge >= 0.3 is 0 Å². The van der Waals surface area contributed by atoms with Gasteiger partial charge in [0.05, 0.1) is 16.8 Å². The number of para-hydroxylation sites is 1. The molecule has 12 aromatic rings. The minimum absolute atomic E-state index is 0.872. The summed E-state index contributed by atoms with van der Waals surface area (Å²) in [6.45, 7) is 0. The molecule has 12 rings (SSSR count). The van der Waals surface area contributed by atoms with Gasteiger partial charge in [-0.3, -0.25) is 0 Å². The van der Waals surface area contributed by atoms with E-state index in [4.69, 9.17) is 4.42 Å². The number of rotatable bonds is 5. The van der Waals surface area contributed by atoms with Crippen molar-refractivity contribution in [2.24, 2.45) is 0 Å². The quantitative estimate of drug-likeness (QED) is 0.163. The van der Waals surface area contributed by atoms with Crippen LogP contribution >= 0.6 is 11.3 Å². The van der Waals surface area contributed by atoms with Crippen molar-refractivity contribution >= 4 is 103 Å². The molecule has 0 N–H and O–H groups in total. The number of nitrogens with zero attached hydrogens (tertiary/aromatic N) is 1. The van der Waals surface area contributed by atoms with Crippen molar-refractivity contribution in [2.75, 3.05) is 4.90 Å². The van der Waals surface area contributed by atoms with E-state index in [9.17, 15) is 0 Å². The van der Waals surface area contributed by atoms with Crippen molar-refractivity contribution in [3.05, 3.63) is 200 Å². The van der Waals surface area contributed by atoms with Crippen LogP contribution in [0.4, 0.5) is 17.1 Å². The van der Waals surface area contributed by atoms with Gasteiger partial charge in [-0.2, -0.15) is 0 Å². The molecule has 0 amide bonds. The van der Waals surface area contributed by atoms with Gasteiger partial charge in [-0.05, 0) is 91.5 Å². The van der Waals surface area contributed by atoms with Crippen molar-refractivity contribution in [2.45, 2.75) is 0 Å². The lowest BCUT2D eigenvalue weighted by atomic mass is 9.95. The van der Waals surface area contributed by atoms with Crippen molar-refractivity contribution in [1.29, 1.82) is 0 Å². The highest BCUT2D eigenvalue weighted by molar-refractivity contribution is 7.26. The average molecular weight is 744 g/mol. The van der Waals surface area contributed by atoms with Gasteiger partial charge in [-0.15, -0.1) is 11.3 Å². The molecule has 0 fully saturated rings. The molecule has 2 nitrogen and oxygen atoms in total. The topological polar surface area (TPSA) is 16.4 Å². The number of hydrogen-bond acceptors (Lipinski definition) is 3. The summed E-state index contributed by atoms with van der Waals surface area (Å²) in [7, 11) is 0. The first-order valence-electron chi connectivity index (χ1n) is 19.4. The molecular formula is C54H33NOS. The molecule has 266 valence electrons. The average Bonchev–Trinajstić information content (AvgIpc) is 3.87. The van der Waals surface area contributed by atoms with E-state index in [1.807, 2.05) is 11.3 Å². The van der Waals surface area contributed by atoms with Crippen LogP contribution in [-0.2, 0) is 0 Å². The Hall–Kier alpha value is -7.20. The van der Waals surface area contributed by atoms with E-state index in [0.29, 0.717) is 0 Å². The Morgan fingerprint density at radius 1 is 0.386 bits per heavy atom. The third-order valence-electron chi connectivity index (χ3n) is 11.6. The Balaban J connectivity index is 1.21. The Morgan fingerprint density at radius 2 is 1.02 bits per heavy atom. The van der Waals surface area contributed by atoms with Crippen LogP contribution in [0.25, 0.3) is 96.7 Å². The first-order valence-corrected chi connectivity index (χ1v) is 20.2. The Kier molecular flexibility index (Phi) is 7.13. The van der Waals surface area contributed by atoms with Gasteiger partial charge in [0.2, 0.25) is 0 Å². The second-order valence-electron chi connectivity index (χ2n) is 14.8. The maximum atomic E-state index is 6.96. The standard InChI is InChI=1S/C54H33NOS/c1-2-13-35(14-3-1)42-29-31-48(52-46-21-9-11-24-50(46)57-54(42)52)55(38-27-28-41-37(33-38)26-25-36-16-5-6-18-39(36)41)47-32-30-44(43-22-12-17-34-15-4-7-19-40(34)43)53-51(47)45-20-8-10-23-49(45)56-53/h1-33H. The van der Waals surface area contributed by atoms with Gasteiger partial charge in [0, 0.05) is 36.8 Å². The molecule has 0 aliphatic rings. The second-order valence-corrected chi connectivity index (χ2v) is 15.8. The summed E-state index contributed by atoms with van der Waals surface area (Å²) in [6, 6.07) is 72.7. The van der Waals surface area contributed by atoms with Crippen LogP contribution in [0.5, 0.6) is 0 Å². The third kappa shape index (κ3) is 4.96. The Morgan fingerprint density at radius 3 is 1.88 bits per heavy atom. The van der Waals surface area contributed by atoms with Crippen LogP contribution < -0.4 is 4.90 Å². The first-order chi connectivity index (χ1) is 28.3. The van der Waals surface area contributed by atoms with E-state index in [0.717, 1.165) is 50.1 Å². The van der Waals surface area contributed by atoms with Crippen molar-refractivity contribution < 1.29 is 4.42 Å². The van der Waals surface area contributed by atoms with Crippen LogP contribution in [-0.4, -0.2) is 0 Å². The van der Waals surface area contributed by atoms with Gasteiger partial charge < -0.3 is 9.32 Å². The molecule has 2 aromatic heterocycles. The highest BCUT2D eigenvalue weighted by Gasteiger charge is 2.26. The molecule has 0 aliphatic heterocycles. The van der Waals surface area contributed by atoms with E-state index in [2.05, 4.69) is 205 Å². The van der Waals surface area contributed by atoms with Gasteiger partial charge in [0.25, 0.3) is 0 Å². The number of benzene rings is 10. The van der Waals surface area contributed by atoms with Crippen LogP contribution in [0.2, 0.25) is 0 Å². The summed E-state index contributed by atoms with van der Waals surface area (Å²) in [4.78, 5) is 2.49. The second kappa shape index (κ2) is 12.7. The zero-order chi connectivity index (χ0) is 37.5. The molecular weight excluding hydrogens is 711 g/mol. The number of hydrogen-bond donors (Lipinski definition) is 0. The predicted octanol–water partition coefficient (Wildman–Crippen LogP) is 16.2. The van der Waals surface area contributed by atoms with E-state index in [1.54, 1.807) is 0 Å². The molecule has 0 bridgehead atoms. The fraction of sp³-hybridized carbons (Fsp3) is 0. The monoisotopic (exact) mass is 743 g/mol. The molecule has 0 aliphatic carbocycles. The van der Waals surface area contributed by atoms with Crippen molar-refractivity contribution in [3.63, 3.8) is 0 Å². The summed E-state index contributed by atoms with van der Waals surface area (Å²) in [5, 5.41) is 12.0. The van der Waals surface area contributed by atoms with Crippen molar-refractivity contribution in [1.82, 2.24) is 0 Å². The Bertz CT molecular complexity index is 3530. The van der Waals surface area contributed by atoms with Gasteiger partial charge in [-0.1, -0.05) is 158 Å². The zero-order valence-corrected chi connectivity index (χ0v) is 31.6. The minimum atomic E-state index is 0.872. The fourth-order valence-electron chi connectivity index (χ4n) is 9.06. The van der Waals surface area contributed by atoms with Crippen LogP contribution in [0, 0.1) is 0 Å². The number of fused-ring (bicyclic) bond motifs is 10. The highest BCUT2D eigenvalue weighted by atomic mass is 32.1. The van der Waals surface area contributed by atoms with E-state index < -0.39 is 0 Å². The largest absolute Gasteiger partial charge is 0.455 e. The molecule has 3 heteroatoms. The van der Waals surface area contributed by atoms with Crippen LogP contribution in [0.15, 0.2) is 205 Å². The van der Waals surface area contributed by atoms with E-state index in [1.165, 1.54) is 63.6 Å². The van der Waals surface area contributed by atoms with Gasteiger partial charge in [-0.25, -0.2) is 0 Å². The molecule has 0 spiro atoms. The molecule has 0 saturated heterocycles. The fourth-order valence-corrected chi connectivity index (χ4v) is 10.3. The maximum Gasteiger partial charge on any atom is 0.145 e. The lowest BCUT2D eigenvalue weighted by Gasteiger charge is -2.28. The van der Waals surface area contributed by atoms with E-state index >= 15 is 0 Å². The summed E-state index contributed by atoms with van der Waals surface area (Å²) in [6.07, 6.45) is 0. The number of furan rings is 1. The minimum Gasteiger partial charge on any atom is -0.455 e. The summed E-state index contributed by atoms with van der Waals surface area (Å²) >= 11 is 1.87. The third-order valence-corrected chi connectivity index (χ3v) is 12.8. The first kappa shape index (κ1) is 32.1. The zero-order valence-electron chi connectivity index (χ0n) is 30.8.